The summed E-state index contributed by atoms with van der Waals surface area (Å²) in [6, 6.07) is 5.25. The summed E-state index contributed by atoms with van der Waals surface area (Å²) >= 11 is 4.51. The molecule has 0 aliphatic heterocycles. The Kier molecular flexibility index (Phi) is 3.31. The number of nitrogens with one attached hydrogen (secondary N) is 1. The van der Waals surface area contributed by atoms with Crippen molar-refractivity contribution in [2.75, 3.05) is 0 Å². The molecule has 0 spiro atoms. The number of carboxylic acid groups (broad SMARTS) is 1. The molecule has 0 unspecified atom stereocenters. The number of carbonyl (C=O) groups is 1. The normalized spacial score (nSPS) is 10.3. The monoisotopic (exact) mass is 298 g/mol. The lowest BCUT2D eigenvalue weighted by Gasteiger charge is -2.05. The predicted octanol–water partition coefficient (Wildman–Crippen LogP) is 3.02. The van der Waals surface area contributed by atoms with Gasteiger partial charge in [-0.1, -0.05) is 17.8 Å². The molecule has 0 saturated carbocycles. The van der Waals surface area contributed by atoms with Crippen molar-refractivity contribution in [1.82, 2.24) is 9.97 Å². The first-order valence-electron chi connectivity index (χ1n) is 4.37. The average Bonchev–Trinajstić information content (AvgIpc) is 2.70. The van der Waals surface area contributed by atoms with E-state index in [1.54, 1.807) is 30.6 Å². The van der Waals surface area contributed by atoms with Gasteiger partial charge in [0, 0.05) is 21.8 Å². The van der Waals surface area contributed by atoms with E-state index in [0.717, 1.165) is 0 Å². The summed E-state index contributed by atoms with van der Waals surface area (Å²) in [7, 11) is 0. The molecular weight excluding hydrogens is 292 g/mol. The van der Waals surface area contributed by atoms with Crippen LogP contribution in [0.2, 0.25) is 0 Å². The van der Waals surface area contributed by atoms with E-state index in [9.17, 15) is 4.79 Å². The molecular formula is C10H7BrN2O2S. The third kappa shape index (κ3) is 2.28. The van der Waals surface area contributed by atoms with Gasteiger partial charge in [-0.15, -0.1) is 0 Å². The minimum Gasteiger partial charge on any atom is -0.478 e. The van der Waals surface area contributed by atoms with Gasteiger partial charge < -0.3 is 10.1 Å². The summed E-state index contributed by atoms with van der Waals surface area (Å²) in [6.07, 6.45) is 3.32. The van der Waals surface area contributed by atoms with Crippen LogP contribution >= 0.6 is 27.7 Å². The van der Waals surface area contributed by atoms with Crippen LogP contribution in [-0.4, -0.2) is 21.0 Å². The number of aromatic carboxylic acids is 1. The number of nitrogens with zero attached hydrogens (tertiary/aromatic N) is 1. The zero-order chi connectivity index (χ0) is 11.5. The summed E-state index contributed by atoms with van der Waals surface area (Å²) in [5, 5.41) is 9.77. The van der Waals surface area contributed by atoms with Crippen LogP contribution in [0.5, 0.6) is 0 Å². The van der Waals surface area contributed by atoms with E-state index in [1.165, 1.54) is 11.8 Å². The van der Waals surface area contributed by atoms with E-state index in [2.05, 4.69) is 25.9 Å². The van der Waals surface area contributed by atoms with Crippen LogP contribution < -0.4 is 0 Å². The maximum atomic E-state index is 11.1. The highest BCUT2D eigenvalue weighted by molar-refractivity contribution is 9.10. The average molecular weight is 299 g/mol. The van der Waals surface area contributed by atoms with Gasteiger partial charge >= 0.3 is 5.97 Å². The lowest BCUT2D eigenvalue weighted by atomic mass is 10.2. The first kappa shape index (κ1) is 11.2. The minimum absolute atomic E-state index is 0.254. The van der Waals surface area contributed by atoms with Crippen LogP contribution in [0.4, 0.5) is 0 Å². The van der Waals surface area contributed by atoms with E-state index >= 15 is 0 Å². The van der Waals surface area contributed by atoms with Gasteiger partial charge in [0.15, 0.2) is 5.16 Å². The quantitative estimate of drug-likeness (QED) is 0.914. The van der Waals surface area contributed by atoms with Gasteiger partial charge in [-0.05, 0) is 28.1 Å². The van der Waals surface area contributed by atoms with Crippen LogP contribution in [0.1, 0.15) is 10.4 Å². The predicted molar refractivity (Wildman–Crippen MR) is 63.8 cm³/mol. The molecule has 1 heterocycles. The molecule has 0 aliphatic carbocycles. The van der Waals surface area contributed by atoms with Gasteiger partial charge in [0.1, 0.15) is 0 Å². The number of benzene rings is 1. The molecule has 2 aromatic rings. The molecule has 2 rings (SSSR count). The van der Waals surface area contributed by atoms with Gasteiger partial charge in [0.2, 0.25) is 0 Å². The molecule has 6 heteroatoms. The van der Waals surface area contributed by atoms with E-state index in [0.29, 0.717) is 14.5 Å². The first-order valence-corrected chi connectivity index (χ1v) is 5.98. The van der Waals surface area contributed by atoms with E-state index in [4.69, 9.17) is 5.11 Å². The number of imidazole rings is 1. The third-order valence-electron chi connectivity index (χ3n) is 1.87. The highest BCUT2D eigenvalue weighted by Crippen LogP contribution is 2.32. The SMILES string of the molecule is O=C(O)c1c(Br)cccc1Sc1ncc[nH]1. The van der Waals surface area contributed by atoms with Gasteiger partial charge in [-0.25, -0.2) is 9.78 Å². The topological polar surface area (TPSA) is 66.0 Å². The van der Waals surface area contributed by atoms with Crippen molar-refractivity contribution in [3.63, 3.8) is 0 Å². The van der Waals surface area contributed by atoms with Crippen molar-refractivity contribution < 1.29 is 9.90 Å². The van der Waals surface area contributed by atoms with E-state index in [1.807, 2.05) is 0 Å². The van der Waals surface area contributed by atoms with Gasteiger partial charge in [0.05, 0.1) is 5.56 Å². The molecule has 2 N–H and O–H groups in total. The second-order valence-corrected chi connectivity index (χ2v) is 4.80. The highest BCUT2D eigenvalue weighted by atomic mass is 79.9. The number of hydrogen-bond donors (Lipinski definition) is 2. The standard InChI is InChI=1S/C10H7BrN2O2S/c11-6-2-1-3-7(8(6)9(14)15)16-10-12-4-5-13-10/h1-5H,(H,12,13)(H,14,15). The van der Waals surface area contributed by atoms with Crippen molar-refractivity contribution in [2.45, 2.75) is 10.1 Å². The lowest BCUT2D eigenvalue weighted by molar-refractivity contribution is 0.0692. The minimum atomic E-state index is -0.957. The van der Waals surface area contributed by atoms with Crippen LogP contribution in [0.15, 0.2) is 45.1 Å². The number of rotatable bonds is 3. The van der Waals surface area contributed by atoms with Crippen molar-refractivity contribution >= 4 is 33.7 Å². The van der Waals surface area contributed by atoms with Crippen LogP contribution in [-0.2, 0) is 0 Å². The molecule has 1 aromatic carbocycles. The fourth-order valence-electron chi connectivity index (χ4n) is 1.21. The highest BCUT2D eigenvalue weighted by Gasteiger charge is 2.15. The van der Waals surface area contributed by atoms with Crippen molar-refractivity contribution in [3.05, 3.63) is 40.6 Å². The Balaban J connectivity index is 2.40. The number of carboxylic acids is 1. The summed E-state index contributed by atoms with van der Waals surface area (Å²) in [5.74, 6) is -0.957. The maximum absolute atomic E-state index is 11.1. The molecule has 16 heavy (non-hydrogen) atoms. The molecule has 0 radical (unpaired) electrons. The van der Waals surface area contributed by atoms with Crippen molar-refractivity contribution in [3.8, 4) is 0 Å². The number of aromatic nitrogens is 2. The first-order chi connectivity index (χ1) is 7.68. The third-order valence-corrected chi connectivity index (χ3v) is 3.51. The summed E-state index contributed by atoms with van der Waals surface area (Å²) in [4.78, 5) is 18.7. The van der Waals surface area contributed by atoms with E-state index in [-0.39, 0.29) is 5.56 Å². The van der Waals surface area contributed by atoms with E-state index < -0.39 is 5.97 Å². The Morgan fingerprint density at radius 1 is 1.50 bits per heavy atom. The Morgan fingerprint density at radius 2 is 2.31 bits per heavy atom. The molecule has 82 valence electrons. The fraction of sp³-hybridized carbons (Fsp3) is 0. The summed E-state index contributed by atoms with van der Waals surface area (Å²) in [6.45, 7) is 0. The smallest absolute Gasteiger partial charge is 0.338 e. The lowest BCUT2D eigenvalue weighted by Crippen LogP contribution is -2.00. The van der Waals surface area contributed by atoms with Gasteiger partial charge in [-0.3, -0.25) is 0 Å². The van der Waals surface area contributed by atoms with Crippen LogP contribution in [0, 0.1) is 0 Å². The Bertz CT molecular complexity index is 514. The molecule has 1 aromatic heterocycles. The Morgan fingerprint density at radius 3 is 2.94 bits per heavy atom. The summed E-state index contributed by atoms with van der Waals surface area (Å²) < 4.78 is 0.566. The fourth-order valence-corrected chi connectivity index (χ4v) is 2.77. The second-order valence-electron chi connectivity index (χ2n) is 2.91. The Hall–Kier alpha value is -1.27. The van der Waals surface area contributed by atoms with Gasteiger partial charge in [-0.2, -0.15) is 0 Å². The number of halogens is 1. The van der Waals surface area contributed by atoms with Crippen LogP contribution in [0.25, 0.3) is 0 Å². The molecule has 0 fully saturated rings. The zero-order valence-corrected chi connectivity index (χ0v) is 10.4. The van der Waals surface area contributed by atoms with Crippen molar-refractivity contribution in [1.29, 1.82) is 0 Å². The zero-order valence-electron chi connectivity index (χ0n) is 7.98. The van der Waals surface area contributed by atoms with Crippen molar-refractivity contribution in [2.24, 2.45) is 0 Å². The molecule has 4 nitrogen and oxygen atoms in total. The number of aromatic amines is 1. The van der Waals surface area contributed by atoms with Crippen LogP contribution in [0.3, 0.4) is 0 Å². The number of hydrogen-bond acceptors (Lipinski definition) is 3. The molecule has 0 saturated heterocycles. The number of H-pyrrole nitrogens is 1. The second kappa shape index (κ2) is 4.71. The molecule has 0 aliphatic rings. The largest absolute Gasteiger partial charge is 0.478 e. The Labute approximate surface area is 104 Å². The van der Waals surface area contributed by atoms with Gasteiger partial charge in [0.25, 0.3) is 0 Å². The summed E-state index contributed by atoms with van der Waals surface area (Å²) in [5.41, 5.74) is 0.254. The molecule has 0 atom stereocenters. The molecule has 0 bridgehead atoms. The maximum Gasteiger partial charge on any atom is 0.338 e. The molecule has 0 amide bonds.